The summed E-state index contributed by atoms with van der Waals surface area (Å²) in [6.45, 7) is 4.13. The van der Waals surface area contributed by atoms with Crippen LogP contribution < -0.4 is 19.7 Å². The van der Waals surface area contributed by atoms with E-state index in [9.17, 15) is 4.79 Å². The van der Waals surface area contributed by atoms with Crippen LogP contribution in [0.2, 0.25) is 0 Å². The molecule has 0 saturated carbocycles. The molecule has 1 fully saturated rings. The minimum atomic E-state index is -0.0671. The highest BCUT2D eigenvalue weighted by atomic mass is 32.2. The van der Waals surface area contributed by atoms with Gasteiger partial charge < -0.3 is 24.4 Å². The minimum Gasteiger partial charge on any atom is -0.493 e. The Morgan fingerprint density at radius 3 is 2.55 bits per heavy atom. The van der Waals surface area contributed by atoms with Crippen LogP contribution in [0.1, 0.15) is 40.0 Å². The number of nitrogens with one attached hydrogen (secondary N) is 1. The third-order valence-corrected chi connectivity index (χ3v) is 7.41. The highest BCUT2D eigenvalue weighted by Crippen LogP contribution is 2.28. The number of likely N-dealkylation sites (N-methyl/N-ethyl adjacent to an activating group) is 1. The summed E-state index contributed by atoms with van der Waals surface area (Å²) in [5, 5.41) is 3.70. The van der Waals surface area contributed by atoms with Crippen molar-refractivity contribution in [2.45, 2.75) is 43.2 Å². The molecule has 202 valence electrons. The number of hydrogen-bond acceptors (Lipinski definition) is 8. The summed E-state index contributed by atoms with van der Waals surface area (Å²) in [5.41, 5.74) is 3.86. The number of aryl methyl sites for hydroxylation is 1. The number of benzene rings is 2. The third kappa shape index (κ3) is 7.61. The molecule has 1 N–H and O–H groups in total. The smallest absolute Gasteiger partial charge is 0.251 e. The van der Waals surface area contributed by atoms with Crippen LogP contribution in [0, 0.1) is 6.92 Å². The molecule has 2 heterocycles. The Morgan fingerprint density at radius 1 is 1.08 bits per heavy atom. The molecular weight excluding hydrogens is 500 g/mol. The summed E-state index contributed by atoms with van der Waals surface area (Å²) in [6, 6.07) is 15.7. The quantitative estimate of drug-likeness (QED) is 0.264. The first-order valence-corrected chi connectivity index (χ1v) is 13.8. The molecule has 9 heteroatoms. The molecule has 1 saturated heterocycles. The average Bonchev–Trinajstić information content (AvgIpc) is 3.47. The van der Waals surface area contributed by atoms with E-state index in [0.717, 1.165) is 71.9 Å². The van der Waals surface area contributed by atoms with Gasteiger partial charge in [0.05, 0.1) is 20.3 Å². The van der Waals surface area contributed by atoms with Crippen LogP contribution in [0.25, 0.3) is 0 Å². The predicted molar refractivity (Wildman–Crippen MR) is 151 cm³/mol. The SMILES string of the molecule is COc1ccc(CCN(C)c2cc(C)nc(SCc3ccc(C(=O)NCC4CCCO4)cc3)n2)cc1OC. The van der Waals surface area contributed by atoms with Crippen LogP contribution in [0.5, 0.6) is 11.5 Å². The van der Waals surface area contributed by atoms with Gasteiger partial charge in [-0.2, -0.15) is 0 Å². The van der Waals surface area contributed by atoms with E-state index in [-0.39, 0.29) is 12.0 Å². The van der Waals surface area contributed by atoms with Crippen molar-refractivity contribution < 1.29 is 19.0 Å². The van der Waals surface area contributed by atoms with Crippen molar-refractivity contribution in [3.8, 4) is 11.5 Å². The standard InChI is InChI=1S/C29H36N4O4S/c1-20-16-27(33(2)14-13-21-9-12-25(35-3)26(17-21)36-4)32-29(31-20)38-19-22-7-10-23(11-8-22)28(34)30-18-24-6-5-15-37-24/h7-12,16-17,24H,5-6,13-15,18-19H2,1-4H3,(H,30,34). The molecule has 4 rings (SSSR count). The van der Waals surface area contributed by atoms with Gasteiger partial charge >= 0.3 is 0 Å². The second kappa shape index (κ2) is 13.5. The summed E-state index contributed by atoms with van der Waals surface area (Å²) >= 11 is 1.59. The molecule has 1 unspecified atom stereocenters. The number of anilines is 1. The van der Waals surface area contributed by atoms with Crippen LogP contribution in [-0.2, 0) is 16.9 Å². The first kappa shape index (κ1) is 27.7. The lowest BCUT2D eigenvalue weighted by Crippen LogP contribution is -2.31. The fourth-order valence-electron chi connectivity index (χ4n) is 4.25. The zero-order valence-electron chi connectivity index (χ0n) is 22.5. The molecule has 0 radical (unpaired) electrons. The van der Waals surface area contributed by atoms with Gasteiger partial charge in [0.15, 0.2) is 16.7 Å². The first-order chi connectivity index (χ1) is 18.4. The van der Waals surface area contributed by atoms with Gasteiger partial charge in [-0.25, -0.2) is 9.97 Å². The van der Waals surface area contributed by atoms with E-state index >= 15 is 0 Å². The molecule has 0 bridgehead atoms. The van der Waals surface area contributed by atoms with Crippen molar-refractivity contribution >= 4 is 23.5 Å². The molecule has 1 aliphatic heterocycles. The molecule has 38 heavy (non-hydrogen) atoms. The van der Waals surface area contributed by atoms with E-state index in [2.05, 4.69) is 21.3 Å². The number of carbonyl (C=O) groups is 1. The van der Waals surface area contributed by atoms with E-state index in [1.807, 2.05) is 56.4 Å². The largest absolute Gasteiger partial charge is 0.493 e. The molecule has 1 atom stereocenters. The first-order valence-electron chi connectivity index (χ1n) is 12.8. The Hall–Kier alpha value is -3.30. The number of thioether (sulfide) groups is 1. The molecule has 1 aromatic heterocycles. The average molecular weight is 537 g/mol. The van der Waals surface area contributed by atoms with E-state index in [4.69, 9.17) is 19.2 Å². The number of ether oxygens (including phenoxy) is 3. The lowest BCUT2D eigenvalue weighted by Gasteiger charge is -2.19. The zero-order chi connectivity index (χ0) is 26.9. The van der Waals surface area contributed by atoms with Crippen LogP contribution in [0.4, 0.5) is 5.82 Å². The van der Waals surface area contributed by atoms with Gasteiger partial charge in [0.1, 0.15) is 5.82 Å². The van der Waals surface area contributed by atoms with Crippen LogP contribution in [-0.4, -0.2) is 62.9 Å². The molecule has 8 nitrogen and oxygen atoms in total. The maximum absolute atomic E-state index is 12.4. The Balaban J connectivity index is 1.30. The van der Waals surface area contributed by atoms with E-state index in [1.54, 1.807) is 26.0 Å². The number of methoxy groups -OCH3 is 2. The van der Waals surface area contributed by atoms with Gasteiger partial charge in [-0.05, 0) is 61.6 Å². The third-order valence-electron chi connectivity index (χ3n) is 6.49. The van der Waals surface area contributed by atoms with E-state index in [1.165, 1.54) is 5.56 Å². The number of amides is 1. The highest BCUT2D eigenvalue weighted by Gasteiger charge is 2.17. The van der Waals surface area contributed by atoms with Gasteiger partial charge in [-0.1, -0.05) is 30.0 Å². The molecule has 2 aromatic carbocycles. The summed E-state index contributed by atoms with van der Waals surface area (Å²) in [6.07, 6.45) is 3.05. The number of rotatable bonds is 12. The number of carbonyl (C=O) groups excluding carboxylic acids is 1. The topological polar surface area (TPSA) is 85.8 Å². The van der Waals surface area contributed by atoms with Crippen molar-refractivity contribution in [1.82, 2.24) is 15.3 Å². The van der Waals surface area contributed by atoms with E-state index < -0.39 is 0 Å². The van der Waals surface area contributed by atoms with Crippen molar-refractivity contribution in [2.24, 2.45) is 0 Å². The maximum Gasteiger partial charge on any atom is 0.251 e. The molecule has 3 aromatic rings. The molecular formula is C29H36N4O4S. The molecule has 1 amide bonds. The summed E-state index contributed by atoms with van der Waals surface area (Å²) in [5.74, 6) is 3.00. The Bertz CT molecular complexity index is 1220. The van der Waals surface area contributed by atoms with Crippen molar-refractivity contribution in [2.75, 3.05) is 45.9 Å². The van der Waals surface area contributed by atoms with Crippen LogP contribution in [0.15, 0.2) is 53.7 Å². The summed E-state index contributed by atoms with van der Waals surface area (Å²) < 4.78 is 16.3. The second-order valence-electron chi connectivity index (χ2n) is 9.34. The monoisotopic (exact) mass is 536 g/mol. The van der Waals surface area contributed by atoms with Gasteiger partial charge in [0, 0.05) is 49.8 Å². The second-order valence-corrected chi connectivity index (χ2v) is 10.3. The number of hydrogen-bond donors (Lipinski definition) is 1. The lowest BCUT2D eigenvalue weighted by molar-refractivity contribution is 0.0858. The Kier molecular flexibility index (Phi) is 9.84. The Labute approximate surface area is 229 Å². The van der Waals surface area contributed by atoms with Crippen molar-refractivity contribution in [1.29, 1.82) is 0 Å². The zero-order valence-corrected chi connectivity index (χ0v) is 23.3. The van der Waals surface area contributed by atoms with Gasteiger partial charge in [0.25, 0.3) is 5.91 Å². The van der Waals surface area contributed by atoms with Gasteiger partial charge in [-0.3, -0.25) is 4.79 Å². The highest BCUT2D eigenvalue weighted by molar-refractivity contribution is 7.98. The van der Waals surface area contributed by atoms with Crippen molar-refractivity contribution in [3.63, 3.8) is 0 Å². The molecule has 0 spiro atoms. The predicted octanol–water partition coefficient (Wildman–Crippen LogP) is 4.68. The van der Waals surface area contributed by atoms with E-state index in [0.29, 0.717) is 12.1 Å². The maximum atomic E-state index is 12.4. The van der Waals surface area contributed by atoms with Crippen LogP contribution >= 0.6 is 11.8 Å². The number of aromatic nitrogens is 2. The minimum absolute atomic E-state index is 0.0671. The Morgan fingerprint density at radius 2 is 1.84 bits per heavy atom. The van der Waals surface area contributed by atoms with Crippen molar-refractivity contribution in [3.05, 3.63) is 70.9 Å². The fourth-order valence-corrected chi connectivity index (χ4v) is 5.10. The fraction of sp³-hybridized carbons (Fsp3) is 0.414. The summed E-state index contributed by atoms with van der Waals surface area (Å²) in [7, 11) is 5.33. The van der Waals surface area contributed by atoms with Gasteiger partial charge in [0.2, 0.25) is 0 Å². The molecule has 0 aliphatic carbocycles. The summed E-state index contributed by atoms with van der Waals surface area (Å²) in [4.78, 5) is 24.0. The van der Waals surface area contributed by atoms with Gasteiger partial charge in [-0.15, -0.1) is 0 Å². The number of nitrogens with zero attached hydrogens (tertiary/aromatic N) is 3. The van der Waals surface area contributed by atoms with Crippen LogP contribution in [0.3, 0.4) is 0 Å². The molecule has 1 aliphatic rings. The normalized spacial score (nSPS) is 14.8. The lowest BCUT2D eigenvalue weighted by atomic mass is 10.1.